The Morgan fingerprint density at radius 2 is 1.90 bits per heavy atom. The molecule has 0 aliphatic heterocycles. The van der Waals surface area contributed by atoms with Gasteiger partial charge in [-0.25, -0.2) is 8.42 Å². The molecule has 0 aliphatic rings. The van der Waals surface area contributed by atoms with Gasteiger partial charge in [0.15, 0.2) is 0 Å². The van der Waals surface area contributed by atoms with Crippen molar-refractivity contribution in [3.05, 3.63) is 58.6 Å². The van der Waals surface area contributed by atoms with Gasteiger partial charge in [0.2, 0.25) is 0 Å². The van der Waals surface area contributed by atoms with Gasteiger partial charge in [-0.3, -0.25) is 4.72 Å². The number of nitrogens with one attached hydrogen (secondary N) is 1. The summed E-state index contributed by atoms with van der Waals surface area (Å²) >= 11 is 3.30. The zero-order valence-electron chi connectivity index (χ0n) is 11.5. The van der Waals surface area contributed by atoms with E-state index >= 15 is 0 Å². The summed E-state index contributed by atoms with van der Waals surface area (Å²) in [4.78, 5) is 0.132. The molecule has 0 amide bonds. The third-order valence-electron chi connectivity index (χ3n) is 3.02. The van der Waals surface area contributed by atoms with E-state index < -0.39 is 16.1 Å². The van der Waals surface area contributed by atoms with Crippen molar-refractivity contribution >= 4 is 31.6 Å². The van der Waals surface area contributed by atoms with Crippen LogP contribution < -0.4 is 4.72 Å². The Bertz CT molecular complexity index is 731. The highest BCUT2D eigenvalue weighted by Gasteiger charge is 2.16. The zero-order valence-corrected chi connectivity index (χ0v) is 13.9. The van der Waals surface area contributed by atoms with E-state index in [0.717, 1.165) is 4.47 Å². The Labute approximate surface area is 133 Å². The number of aliphatic hydroxyl groups is 1. The van der Waals surface area contributed by atoms with E-state index in [0.29, 0.717) is 17.7 Å². The molecule has 2 rings (SSSR count). The molecule has 4 nitrogen and oxygen atoms in total. The van der Waals surface area contributed by atoms with Crippen LogP contribution in [0.2, 0.25) is 0 Å². The highest BCUT2D eigenvalue weighted by molar-refractivity contribution is 9.10. The third kappa shape index (κ3) is 4.06. The lowest BCUT2D eigenvalue weighted by atomic mass is 10.1. The predicted molar refractivity (Wildman–Crippen MR) is 86.6 cm³/mol. The SMILES string of the molecule is CCC(O)c1cccc(S(=O)(=O)Nc2cccc(Br)c2)c1. The molecule has 112 valence electrons. The van der Waals surface area contributed by atoms with Gasteiger partial charge < -0.3 is 5.11 Å². The van der Waals surface area contributed by atoms with E-state index in [4.69, 9.17) is 0 Å². The molecule has 2 aromatic carbocycles. The minimum Gasteiger partial charge on any atom is -0.388 e. The number of rotatable bonds is 5. The average Bonchev–Trinajstić information content (AvgIpc) is 2.46. The van der Waals surface area contributed by atoms with Crippen LogP contribution in [0.1, 0.15) is 25.0 Å². The van der Waals surface area contributed by atoms with E-state index in [9.17, 15) is 13.5 Å². The molecule has 0 radical (unpaired) electrons. The summed E-state index contributed by atoms with van der Waals surface area (Å²) < 4.78 is 28.0. The summed E-state index contributed by atoms with van der Waals surface area (Å²) in [7, 11) is -3.68. The van der Waals surface area contributed by atoms with Crippen molar-refractivity contribution in [2.75, 3.05) is 4.72 Å². The summed E-state index contributed by atoms with van der Waals surface area (Å²) in [5.41, 5.74) is 1.07. The Balaban J connectivity index is 2.31. The monoisotopic (exact) mass is 369 g/mol. The Hall–Kier alpha value is -1.37. The van der Waals surface area contributed by atoms with E-state index in [-0.39, 0.29) is 4.90 Å². The molecule has 0 saturated heterocycles. The fraction of sp³-hybridized carbons (Fsp3) is 0.200. The normalized spacial score (nSPS) is 12.9. The van der Waals surface area contributed by atoms with Gasteiger partial charge in [0, 0.05) is 10.2 Å². The van der Waals surface area contributed by atoms with Crippen LogP contribution in [0, 0.1) is 0 Å². The van der Waals surface area contributed by atoms with E-state index in [1.807, 2.05) is 13.0 Å². The fourth-order valence-electron chi connectivity index (χ4n) is 1.89. The Kier molecular flexibility index (Phi) is 5.03. The van der Waals surface area contributed by atoms with Crippen LogP contribution in [0.4, 0.5) is 5.69 Å². The molecule has 0 aliphatic carbocycles. The highest BCUT2D eigenvalue weighted by atomic mass is 79.9. The second-order valence-corrected chi connectivity index (χ2v) is 7.21. The molecule has 2 N–H and O–H groups in total. The smallest absolute Gasteiger partial charge is 0.261 e. The minimum absolute atomic E-state index is 0.132. The molecule has 2 aromatic rings. The molecule has 0 bridgehead atoms. The summed E-state index contributed by atoms with van der Waals surface area (Å²) in [6.07, 6.45) is -0.131. The molecule has 0 fully saturated rings. The van der Waals surface area contributed by atoms with Gasteiger partial charge in [-0.1, -0.05) is 41.1 Å². The van der Waals surface area contributed by atoms with Crippen molar-refractivity contribution < 1.29 is 13.5 Å². The standard InChI is InChI=1S/C15H16BrNO3S/c1-2-15(18)11-5-3-8-14(9-11)21(19,20)17-13-7-4-6-12(16)10-13/h3-10,15,17-18H,2H2,1H3. The third-order valence-corrected chi connectivity index (χ3v) is 4.89. The van der Waals surface area contributed by atoms with Gasteiger partial charge in [-0.05, 0) is 42.3 Å². The van der Waals surface area contributed by atoms with Crippen LogP contribution >= 0.6 is 15.9 Å². The first-order chi connectivity index (χ1) is 9.92. The fourth-order valence-corrected chi connectivity index (χ4v) is 3.39. The maximum absolute atomic E-state index is 12.4. The number of hydrogen-bond donors (Lipinski definition) is 2. The van der Waals surface area contributed by atoms with E-state index in [1.54, 1.807) is 30.3 Å². The minimum atomic E-state index is -3.68. The van der Waals surface area contributed by atoms with Gasteiger partial charge in [0.05, 0.1) is 11.0 Å². The second-order valence-electron chi connectivity index (χ2n) is 4.61. The topological polar surface area (TPSA) is 66.4 Å². The maximum atomic E-state index is 12.4. The number of benzene rings is 2. The van der Waals surface area contributed by atoms with Gasteiger partial charge in [-0.2, -0.15) is 0 Å². The molecule has 0 heterocycles. The molecule has 0 aromatic heterocycles. The summed E-state index contributed by atoms with van der Waals surface area (Å²) in [5, 5.41) is 9.82. The molecule has 6 heteroatoms. The zero-order chi connectivity index (χ0) is 15.5. The number of sulfonamides is 1. The summed E-state index contributed by atoms with van der Waals surface area (Å²) in [5.74, 6) is 0. The number of aliphatic hydroxyl groups excluding tert-OH is 1. The van der Waals surface area contributed by atoms with Crippen molar-refractivity contribution in [3.8, 4) is 0 Å². The number of halogens is 1. The van der Waals surface area contributed by atoms with Gasteiger partial charge in [-0.15, -0.1) is 0 Å². The predicted octanol–water partition coefficient (Wildman–Crippen LogP) is 3.69. The Morgan fingerprint density at radius 1 is 1.19 bits per heavy atom. The molecular formula is C15H16BrNO3S. The number of hydrogen-bond acceptors (Lipinski definition) is 3. The molecule has 0 saturated carbocycles. The highest BCUT2D eigenvalue weighted by Crippen LogP contribution is 2.23. The van der Waals surface area contributed by atoms with Crippen molar-refractivity contribution in [3.63, 3.8) is 0 Å². The summed E-state index contributed by atoms with van der Waals surface area (Å²) in [6.45, 7) is 1.84. The van der Waals surface area contributed by atoms with Crippen LogP contribution in [0.25, 0.3) is 0 Å². The first-order valence-electron chi connectivity index (χ1n) is 6.49. The van der Waals surface area contributed by atoms with Crippen molar-refractivity contribution in [1.82, 2.24) is 0 Å². The lowest BCUT2D eigenvalue weighted by molar-refractivity contribution is 0.173. The van der Waals surface area contributed by atoms with Gasteiger partial charge >= 0.3 is 0 Å². The van der Waals surface area contributed by atoms with E-state index in [2.05, 4.69) is 20.7 Å². The molecule has 0 spiro atoms. The second kappa shape index (κ2) is 6.60. The van der Waals surface area contributed by atoms with Gasteiger partial charge in [0.25, 0.3) is 10.0 Å². The first-order valence-corrected chi connectivity index (χ1v) is 8.76. The molecule has 1 atom stereocenters. The van der Waals surface area contributed by atoms with Crippen molar-refractivity contribution in [2.45, 2.75) is 24.3 Å². The van der Waals surface area contributed by atoms with Crippen LogP contribution in [-0.4, -0.2) is 13.5 Å². The van der Waals surface area contributed by atoms with Crippen LogP contribution in [0.3, 0.4) is 0 Å². The van der Waals surface area contributed by atoms with E-state index in [1.165, 1.54) is 12.1 Å². The molecular weight excluding hydrogens is 354 g/mol. The van der Waals surface area contributed by atoms with Crippen LogP contribution in [0.5, 0.6) is 0 Å². The van der Waals surface area contributed by atoms with Crippen molar-refractivity contribution in [1.29, 1.82) is 0 Å². The maximum Gasteiger partial charge on any atom is 0.261 e. The lowest BCUT2D eigenvalue weighted by Gasteiger charge is -2.12. The summed E-state index contributed by atoms with van der Waals surface area (Å²) in [6, 6.07) is 13.3. The first kappa shape index (κ1) is 16.0. The van der Waals surface area contributed by atoms with Gasteiger partial charge in [0.1, 0.15) is 0 Å². The molecule has 1 unspecified atom stereocenters. The average molecular weight is 370 g/mol. The largest absolute Gasteiger partial charge is 0.388 e. The van der Waals surface area contributed by atoms with Crippen LogP contribution in [0.15, 0.2) is 57.9 Å². The van der Waals surface area contributed by atoms with Crippen LogP contribution in [-0.2, 0) is 10.0 Å². The number of anilines is 1. The molecule has 21 heavy (non-hydrogen) atoms. The lowest BCUT2D eigenvalue weighted by Crippen LogP contribution is -2.13. The quantitative estimate of drug-likeness (QED) is 0.844. The Morgan fingerprint density at radius 3 is 2.57 bits per heavy atom. The van der Waals surface area contributed by atoms with Crippen molar-refractivity contribution in [2.24, 2.45) is 0 Å².